The minimum absolute atomic E-state index is 0.342. The Morgan fingerprint density at radius 2 is 1.39 bits per heavy atom. The summed E-state index contributed by atoms with van der Waals surface area (Å²) in [6.45, 7) is 3.85. The number of rotatable bonds is 16. The Balaban J connectivity index is 1.93. The minimum Gasteiger partial charge on any atom is -0.316 e. The van der Waals surface area contributed by atoms with Crippen LogP contribution < -0.4 is 5.32 Å². The molecule has 0 amide bonds. The number of allylic oxidation sites excluding steroid dienone is 8. The molecule has 0 aliphatic rings. The topological polar surface area (TPSA) is 29.1 Å². The van der Waals surface area contributed by atoms with E-state index in [0.717, 1.165) is 51.6 Å². The van der Waals surface area contributed by atoms with Crippen molar-refractivity contribution in [1.82, 2.24) is 5.32 Å². The highest BCUT2D eigenvalue weighted by atomic mass is 16.1. The van der Waals surface area contributed by atoms with Crippen LogP contribution in [0.15, 0.2) is 78.9 Å². The highest BCUT2D eigenvalue weighted by Gasteiger charge is 2.00. The summed E-state index contributed by atoms with van der Waals surface area (Å²) in [5.74, 6) is 0.342. The third kappa shape index (κ3) is 14.9. The number of benzene rings is 1. The molecule has 0 bridgehead atoms. The normalized spacial score (nSPS) is 12.2. The van der Waals surface area contributed by atoms with E-state index in [-0.39, 0.29) is 0 Å². The smallest absolute Gasteiger partial charge is 0.134 e. The first-order valence-corrected chi connectivity index (χ1v) is 10.7. The fourth-order valence-electron chi connectivity index (χ4n) is 2.70. The van der Waals surface area contributed by atoms with Gasteiger partial charge in [0.15, 0.2) is 0 Å². The number of hydrogen-bond donors (Lipinski definition) is 1. The summed E-state index contributed by atoms with van der Waals surface area (Å²) in [6, 6.07) is 10.4. The molecule has 1 aromatic carbocycles. The lowest BCUT2D eigenvalue weighted by molar-refractivity contribution is -0.118. The molecule has 0 saturated heterocycles. The summed E-state index contributed by atoms with van der Waals surface area (Å²) in [7, 11) is 0. The van der Waals surface area contributed by atoms with Crippen LogP contribution >= 0.6 is 0 Å². The number of nitrogens with one attached hydrogen (secondary N) is 1. The van der Waals surface area contributed by atoms with Gasteiger partial charge < -0.3 is 5.32 Å². The van der Waals surface area contributed by atoms with E-state index >= 15 is 0 Å². The molecule has 0 radical (unpaired) electrons. The van der Waals surface area contributed by atoms with E-state index in [0.29, 0.717) is 18.6 Å². The number of Topliss-reactive ketones (excluding diaryl/α,β-unsaturated/α-hetero) is 1. The number of hydrogen-bond acceptors (Lipinski definition) is 2. The van der Waals surface area contributed by atoms with Crippen LogP contribution in [0.3, 0.4) is 0 Å². The van der Waals surface area contributed by atoms with Crippen molar-refractivity contribution in [3.63, 3.8) is 0 Å². The van der Waals surface area contributed by atoms with Gasteiger partial charge in [-0.05, 0) is 50.6 Å². The fourth-order valence-corrected chi connectivity index (χ4v) is 2.70. The third-order valence-electron chi connectivity index (χ3n) is 4.32. The molecule has 2 nitrogen and oxygen atoms in total. The Bertz CT molecular complexity index is 611. The van der Waals surface area contributed by atoms with Crippen molar-refractivity contribution in [1.29, 1.82) is 0 Å². The second kappa shape index (κ2) is 18.2. The summed E-state index contributed by atoms with van der Waals surface area (Å²) < 4.78 is 0. The standard InChI is InChI=1S/C26H37NO/c1-2-3-4-5-6-7-8-9-10-11-12-13-17-20-26(28)22-24-27-23-21-25-18-15-14-16-19-25/h3-4,6-7,9-10,12-16,18-19,27H,2,5,8,11,17,20-24H2,1H3. The molecule has 152 valence electrons. The van der Waals surface area contributed by atoms with Crippen LogP contribution in [0, 0.1) is 0 Å². The number of carbonyl (C=O) groups excluding carboxylic acids is 1. The second-order valence-corrected chi connectivity index (χ2v) is 6.81. The molecule has 0 aliphatic heterocycles. The zero-order chi connectivity index (χ0) is 20.1. The van der Waals surface area contributed by atoms with Gasteiger partial charge in [0.2, 0.25) is 0 Å². The Hall–Kier alpha value is -2.19. The van der Waals surface area contributed by atoms with Crippen molar-refractivity contribution in [3.05, 3.63) is 84.5 Å². The van der Waals surface area contributed by atoms with E-state index in [4.69, 9.17) is 0 Å². The maximum atomic E-state index is 11.9. The summed E-state index contributed by atoms with van der Waals surface area (Å²) in [5, 5.41) is 3.36. The van der Waals surface area contributed by atoms with Gasteiger partial charge in [0, 0.05) is 19.4 Å². The molecule has 1 aromatic rings. The van der Waals surface area contributed by atoms with Crippen LogP contribution in [-0.2, 0) is 11.2 Å². The van der Waals surface area contributed by atoms with Crippen molar-refractivity contribution in [3.8, 4) is 0 Å². The Labute approximate surface area is 172 Å². The van der Waals surface area contributed by atoms with E-state index in [1.165, 1.54) is 5.56 Å². The molecule has 0 unspecified atom stereocenters. The van der Waals surface area contributed by atoms with Crippen molar-refractivity contribution >= 4 is 5.78 Å². The molecule has 1 N–H and O–H groups in total. The molecule has 0 fully saturated rings. The summed E-state index contributed by atoms with van der Waals surface area (Å²) in [4.78, 5) is 11.9. The van der Waals surface area contributed by atoms with Gasteiger partial charge in [-0.25, -0.2) is 0 Å². The van der Waals surface area contributed by atoms with Crippen molar-refractivity contribution < 1.29 is 4.79 Å². The van der Waals surface area contributed by atoms with Crippen LogP contribution in [0.5, 0.6) is 0 Å². The molecule has 0 spiro atoms. The zero-order valence-electron chi connectivity index (χ0n) is 17.5. The Kier molecular flexibility index (Phi) is 15.5. The van der Waals surface area contributed by atoms with Crippen molar-refractivity contribution in [2.45, 2.75) is 58.3 Å². The average molecular weight is 380 g/mol. The van der Waals surface area contributed by atoms with Crippen molar-refractivity contribution in [2.75, 3.05) is 13.1 Å². The van der Waals surface area contributed by atoms with E-state index in [1.807, 2.05) is 6.07 Å². The van der Waals surface area contributed by atoms with Gasteiger partial charge >= 0.3 is 0 Å². The fraction of sp³-hybridized carbons (Fsp3) is 0.423. The lowest BCUT2D eigenvalue weighted by Crippen LogP contribution is -2.20. The molecule has 0 saturated carbocycles. The SMILES string of the molecule is CCC=CCC=CCC=CCC=CCCC(=O)CCNCCc1ccccc1. The van der Waals surface area contributed by atoms with E-state index in [2.05, 4.69) is 85.1 Å². The van der Waals surface area contributed by atoms with Crippen LogP contribution in [-0.4, -0.2) is 18.9 Å². The maximum absolute atomic E-state index is 11.9. The molecular formula is C26H37NO. The van der Waals surface area contributed by atoms with Gasteiger partial charge in [-0.3, -0.25) is 4.79 Å². The van der Waals surface area contributed by atoms with Crippen LogP contribution in [0.25, 0.3) is 0 Å². The quantitative estimate of drug-likeness (QED) is 0.267. The molecule has 0 atom stereocenters. The highest BCUT2D eigenvalue weighted by Crippen LogP contribution is 2.00. The summed E-state index contributed by atoms with van der Waals surface area (Å²) in [5.41, 5.74) is 1.33. The van der Waals surface area contributed by atoms with Gasteiger partial charge in [0.05, 0.1) is 0 Å². The van der Waals surface area contributed by atoms with Crippen LogP contribution in [0.2, 0.25) is 0 Å². The molecule has 28 heavy (non-hydrogen) atoms. The van der Waals surface area contributed by atoms with Gasteiger partial charge in [0.1, 0.15) is 5.78 Å². The molecule has 0 aliphatic carbocycles. The predicted molar refractivity (Wildman–Crippen MR) is 123 cm³/mol. The van der Waals surface area contributed by atoms with E-state index in [1.54, 1.807) is 0 Å². The molecule has 0 aromatic heterocycles. The van der Waals surface area contributed by atoms with E-state index < -0.39 is 0 Å². The monoisotopic (exact) mass is 379 g/mol. The lowest BCUT2D eigenvalue weighted by Gasteiger charge is -2.04. The Morgan fingerprint density at radius 1 is 0.786 bits per heavy atom. The minimum atomic E-state index is 0.342. The van der Waals surface area contributed by atoms with Gasteiger partial charge in [-0.1, -0.05) is 85.9 Å². The van der Waals surface area contributed by atoms with Gasteiger partial charge in [0.25, 0.3) is 0 Å². The molecular weight excluding hydrogens is 342 g/mol. The molecule has 1 rings (SSSR count). The van der Waals surface area contributed by atoms with Crippen LogP contribution in [0.1, 0.15) is 57.4 Å². The average Bonchev–Trinajstić information content (AvgIpc) is 2.72. The van der Waals surface area contributed by atoms with Gasteiger partial charge in [-0.15, -0.1) is 0 Å². The first-order chi connectivity index (χ1) is 13.8. The first kappa shape index (κ1) is 23.8. The highest BCUT2D eigenvalue weighted by molar-refractivity contribution is 5.78. The second-order valence-electron chi connectivity index (χ2n) is 6.81. The summed E-state index contributed by atoms with van der Waals surface area (Å²) >= 11 is 0. The predicted octanol–water partition coefficient (Wildman–Crippen LogP) is 6.36. The van der Waals surface area contributed by atoms with Gasteiger partial charge in [-0.2, -0.15) is 0 Å². The lowest BCUT2D eigenvalue weighted by atomic mass is 10.1. The molecule has 2 heteroatoms. The van der Waals surface area contributed by atoms with Crippen molar-refractivity contribution in [2.24, 2.45) is 0 Å². The Morgan fingerprint density at radius 3 is 2.04 bits per heavy atom. The van der Waals surface area contributed by atoms with Crippen LogP contribution in [0.4, 0.5) is 0 Å². The number of carbonyl (C=O) groups is 1. The third-order valence-corrected chi connectivity index (χ3v) is 4.32. The largest absolute Gasteiger partial charge is 0.316 e. The molecule has 0 heterocycles. The summed E-state index contributed by atoms with van der Waals surface area (Å²) in [6.07, 6.45) is 24.6. The number of ketones is 1. The zero-order valence-corrected chi connectivity index (χ0v) is 17.5. The first-order valence-electron chi connectivity index (χ1n) is 10.7. The van der Waals surface area contributed by atoms with E-state index in [9.17, 15) is 4.79 Å². The maximum Gasteiger partial charge on any atom is 0.134 e.